The molecule has 9 nitrogen and oxygen atoms in total. The number of rotatable bonds is 8. The van der Waals surface area contributed by atoms with Crippen LogP contribution in [0.1, 0.15) is 45.3 Å². The first-order valence-electron chi connectivity index (χ1n) is 13.6. The maximum absolute atomic E-state index is 15.5. The summed E-state index contributed by atoms with van der Waals surface area (Å²) in [6, 6.07) is 16.0. The molecule has 2 aromatic heterocycles. The molecular weight excluding hydrogens is 594 g/mol. The summed E-state index contributed by atoms with van der Waals surface area (Å²) in [6.07, 6.45) is -0.0774. The molecule has 1 atom stereocenters. The van der Waals surface area contributed by atoms with Gasteiger partial charge < -0.3 is 14.6 Å². The highest BCUT2D eigenvalue weighted by molar-refractivity contribution is 5.93. The molecule has 3 heterocycles. The Hall–Kier alpha value is -5.77. The summed E-state index contributed by atoms with van der Waals surface area (Å²) >= 11 is 0. The van der Waals surface area contributed by atoms with Crippen LogP contribution in [0.2, 0.25) is 0 Å². The van der Waals surface area contributed by atoms with Crippen LogP contribution in [0.4, 0.5) is 17.7 Å². The lowest BCUT2D eigenvalue weighted by Gasteiger charge is -2.16. The van der Waals surface area contributed by atoms with Crippen LogP contribution >= 0.6 is 0 Å². The molecule has 1 saturated heterocycles. The van der Waals surface area contributed by atoms with E-state index in [0.717, 1.165) is 18.2 Å². The van der Waals surface area contributed by atoms with E-state index in [2.05, 4.69) is 20.2 Å². The van der Waals surface area contributed by atoms with Crippen molar-refractivity contribution in [2.24, 2.45) is 0 Å². The molecule has 0 aliphatic carbocycles. The number of benzene rings is 3. The summed E-state index contributed by atoms with van der Waals surface area (Å²) in [4.78, 5) is 35.9. The van der Waals surface area contributed by atoms with E-state index in [0.29, 0.717) is 16.9 Å². The molecule has 45 heavy (non-hydrogen) atoms. The summed E-state index contributed by atoms with van der Waals surface area (Å²) in [5.74, 6) is -3.23. The van der Waals surface area contributed by atoms with Crippen molar-refractivity contribution < 1.29 is 37.0 Å². The van der Waals surface area contributed by atoms with Crippen molar-refractivity contribution in [1.82, 2.24) is 19.9 Å². The lowest BCUT2D eigenvalue weighted by Crippen LogP contribution is -2.17. The zero-order valence-corrected chi connectivity index (χ0v) is 23.2. The van der Waals surface area contributed by atoms with E-state index in [1.165, 1.54) is 48.5 Å². The topological polar surface area (TPSA) is 119 Å². The molecule has 226 valence electrons. The number of fused-ring (bicyclic) bond motifs is 1. The van der Waals surface area contributed by atoms with Crippen molar-refractivity contribution in [2.75, 3.05) is 6.54 Å². The number of halogens is 4. The van der Waals surface area contributed by atoms with Gasteiger partial charge in [-0.2, -0.15) is 5.26 Å². The van der Waals surface area contributed by atoms with Crippen molar-refractivity contribution in [3.05, 3.63) is 112 Å². The van der Waals surface area contributed by atoms with Crippen LogP contribution in [-0.2, 0) is 22.8 Å². The molecule has 0 spiro atoms. The molecular formula is C32H21F4N5O4. The Morgan fingerprint density at radius 3 is 2.56 bits per heavy atom. The second kappa shape index (κ2) is 12.1. The van der Waals surface area contributed by atoms with E-state index in [9.17, 15) is 18.5 Å². The number of amides is 1. The quantitative estimate of drug-likeness (QED) is 0.224. The molecule has 6 rings (SSSR count). The number of imidazole rings is 1. The number of nitrogens with one attached hydrogen (secondary N) is 1. The van der Waals surface area contributed by atoms with Gasteiger partial charge in [0, 0.05) is 41.1 Å². The first-order valence-corrected chi connectivity index (χ1v) is 13.6. The van der Waals surface area contributed by atoms with Crippen molar-refractivity contribution in [3.63, 3.8) is 0 Å². The molecule has 0 radical (unpaired) electrons. The summed E-state index contributed by atoms with van der Waals surface area (Å²) < 4.78 is 65.0. The third kappa shape index (κ3) is 5.90. The molecule has 3 aromatic carbocycles. The van der Waals surface area contributed by atoms with Crippen molar-refractivity contribution in [2.45, 2.75) is 25.5 Å². The second-order valence-corrected chi connectivity index (χ2v) is 10.3. The minimum absolute atomic E-state index is 0.0304. The molecule has 1 aliphatic heterocycles. The van der Waals surface area contributed by atoms with Gasteiger partial charge in [-0.3, -0.25) is 4.79 Å². The average molecular weight is 616 g/mol. The summed E-state index contributed by atoms with van der Waals surface area (Å²) in [5, 5.41) is 11.6. The summed E-state index contributed by atoms with van der Waals surface area (Å²) in [6.45, 7) is 0.0378. The number of pyridine rings is 1. The maximum Gasteiger partial charge on any atom is 0.379 e. The van der Waals surface area contributed by atoms with Gasteiger partial charge in [0.25, 0.3) is 0 Å². The first kappa shape index (κ1) is 29.3. The fourth-order valence-electron chi connectivity index (χ4n) is 5.24. The number of nitrogens with zero attached hydrogens (tertiary/aromatic N) is 4. The van der Waals surface area contributed by atoms with Crippen molar-refractivity contribution in [3.8, 4) is 23.2 Å². The minimum atomic E-state index is -1.21. The van der Waals surface area contributed by atoms with Crippen LogP contribution in [0.25, 0.3) is 22.3 Å². The molecule has 0 saturated carbocycles. The molecule has 1 fully saturated rings. The number of carbonyl (C=O) groups excluding carboxylic acids is 2. The summed E-state index contributed by atoms with van der Waals surface area (Å²) in [7, 11) is 0. The Kier molecular flexibility index (Phi) is 7.87. The number of aromatic nitrogens is 3. The number of hydrogen-bond donors (Lipinski definition) is 1. The highest BCUT2D eigenvalue weighted by atomic mass is 19.3. The molecule has 1 unspecified atom stereocenters. The van der Waals surface area contributed by atoms with E-state index in [1.54, 1.807) is 4.57 Å². The lowest BCUT2D eigenvalue weighted by atomic mass is 10.0. The maximum atomic E-state index is 15.5. The lowest BCUT2D eigenvalue weighted by molar-refractivity contribution is -0.119. The second-order valence-electron chi connectivity index (χ2n) is 10.3. The van der Waals surface area contributed by atoms with Crippen LogP contribution in [0.3, 0.4) is 0 Å². The normalized spacial score (nSPS) is 14.3. The smallest absolute Gasteiger partial charge is 0.379 e. The Bertz CT molecular complexity index is 2020. The third-order valence-corrected chi connectivity index (χ3v) is 7.43. The average Bonchev–Trinajstić information content (AvgIpc) is 3.63. The number of carbonyl (C=O) groups is 2. The largest absolute Gasteiger partial charge is 0.473 e. The van der Waals surface area contributed by atoms with Crippen LogP contribution in [0.5, 0.6) is 5.88 Å². The Morgan fingerprint density at radius 2 is 1.82 bits per heavy atom. The fourth-order valence-corrected chi connectivity index (χ4v) is 5.24. The standard InChI is InChI=1S/C32H21F4N5O4/c33-23-8-17(14-37)4-5-19(23)16-44-31-3-1-2-26(40-31)22-13-24(34)20(9-25(22)35)11-29-39-27-7-6-18(32(43)45-36)10-28(27)41(29)21-12-30(42)38-15-21/h1-10,13,21H,11-12,15-16H2,(H,38,42). The van der Waals surface area contributed by atoms with Gasteiger partial charge >= 0.3 is 5.97 Å². The number of nitriles is 1. The molecule has 1 aliphatic rings. The van der Waals surface area contributed by atoms with Crippen molar-refractivity contribution >= 4 is 22.9 Å². The zero-order chi connectivity index (χ0) is 31.7. The van der Waals surface area contributed by atoms with E-state index in [1.807, 2.05) is 6.07 Å². The highest BCUT2D eigenvalue weighted by Gasteiger charge is 2.28. The van der Waals surface area contributed by atoms with E-state index >= 15 is 8.78 Å². The van der Waals surface area contributed by atoms with Crippen molar-refractivity contribution in [1.29, 1.82) is 5.26 Å². The summed E-state index contributed by atoms with van der Waals surface area (Å²) in [5.41, 5.74) is 0.965. The van der Waals surface area contributed by atoms with Gasteiger partial charge in [0.1, 0.15) is 29.9 Å². The SMILES string of the molecule is N#Cc1ccc(COc2cccc(-c3cc(F)c(Cc4nc5ccc(C(=O)OF)cc5n4C4CNC(=O)C4)cc3F)n2)c(F)c1. The minimum Gasteiger partial charge on any atom is -0.473 e. The zero-order valence-electron chi connectivity index (χ0n) is 23.2. The molecule has 1 N–H and O–H groups in total. The van der Waals surface area contributed by atoms with Gasteiger partial charge in [-0.15, -0.1) is 0 Å². The monoisotopic (exact) mass is 615 g/mol. The Morgan fingerprint density at radius 1 is 1.00 bits per heavy atom. The Balaban J connectivity index is 1.29. The number of hydrogen-bond acceptors (Lipinski definition) is 7. The van der Waals surface area contributed by atoms with Crippen LogP contribution in [0.15, 0.2) is 66.7 Å². The van der Waals surface area contributed by atoms with Gasteiger partial charge in [0.05, 0.1) is 40.0 Å². The predicted molar refractivity (Wildman–Crippen MR) is 151 cm³/mol. The fraction of sp³-hybridized carbons (Fsp3) is 0.156. The van der Waals surface area contributed by atoms with E-state index in [4.69, 9.17) is 10.00 Å². The van der Waals surface area contributed by atoms with Gasteiger partial charge in [-0.1, -0.05) is 12.1 Å². The van der Waals surface area contributed by atoms with Gasteiger partial charge in [0.2, 0.25) is 11.8 Å². The number of ether oxygens (including phenoxy) is 1. The molecule has 13 heteroatoms. The van der Waals surface area contributed by atoms with E-state index < -0.39 is 29.5 Å². The van der Waals surface area contributed by atoms with Crippen LogP contribution < -0.4 is 10.1 Å². The van der Waals surface area contributed by atoms with Gasteiger partial charge in [0.15, 0.2) is 0 Å². The van der Waals surface area contributed by atoms with Gasteiger partial charge in [-0.25, -0.2) is 32.9 Å². The highest BCUT2D eigenvalue weighted by Crippen LogP contribution is 2.31. The Labute approximate surface area is 252 Å². The predicted octanol–water partition coefficient (Wildman–Crippen LogP) is 5.66. The molecule has 5 aromatic rings. The van der Waals surface area contributed by atoms with Gasteiger partial charge in [-0.05, 0) is 54.1 Å². The molecule has 0 bridgehead atoms. The van der Waals surface area contributed by atoms with Crippen LogP contribution in [-0.4, -0.2) is 33.0 Å². The van der Waals surface area contributed by atoms with Crippen LogP contribution in [0, 0.1) is 28.8 Å². The third-order valence-electron chi connectivity index (χ3n) is 7.43. The molecule has 1 amide bonds. The first-order chi connectivity index (χ1) is 21.7. The van der Waals surface area contributed by atoms with E-state index in [-0.39, 0.29) is 71.3 Å².